The normalized spacial score (nSPS) is 22.1. The van der Waals surface area contributed by atoms with E-state index in [9.17, 15) is 4.55 Å². The molecule has 2 fully saturated rings. The molecule has 0 spiro atoms. The Hall–Kier alpha value is -1.65. The number of hydrogen-bond acceptors (Lipinski definition) is 8. The molecule has 1 N–H and O–H groups in total. The van der Waals surface area contributed by atoms with Crippen LogP contribution in [0.3, 0.4) is 0 Å². The molecule has 0 aliphatic carbocycles. The molecular formula is C23H26ClN5O2S2. The van der Waals surface area contributed by atoms with Gasteiger partial charge in [-0.15, -0.1) is 11.3 Å². The number of nitrogens with zero attached hydrogens (tertiary/aromatic N) is 4. The van der Waals surface area contributed by atoms with E-state index in [-0.39, 0.29) is 0 Å². The minimum absolute atomic E-state index is 0.307. The highest BCUT2D eigenvalue weighted by Crippen LogP contribution is 2.37. The zero-order valence-electron chi connectivity index (χ0n) is 18.3. The summed E-state index contributed by atoms with van der Waals surface area (Å²) in [5, 5.41) is 5.50. The van der Waals surface area contributed by atoms with Crippen LogP contribution in [0, 0.1) is 0 Å². The van der Waals surface area contributed by atoms with Crippen molar-refractivity contribution in [2.75, 3.05) is 42.3 Å². The van der Waals surface area contributed by atoms with Crippen LogP contribution in [0.4, 0.5) is 11.8 Å². The van der Waals surface area contributed by atoms with Crippen molar-refractivity contribution in [2.24, 2.45) is 0 Å². The Morgan fingerprint density at radius 1 is 1.12 bits per heavy atom. The Bertz CT molecular complexity index is 1160. The van der Waals surface area contributed by atoms with Gasteiger partial charge in [0.25, 0.3) is 0 Å². The van der Waals surface area contributed by atoms with Crippen molar-refractivity contribution < 1.29 is 9.29 Å². The first-order valence-corrected chi connectivity index (χ1v) is 14.1. The van der Waals surface area contributed by atoms with E-state index in [0.29, 0.717) is 17.7 Å². The first-order chi connectivity index (χ1) is 16.1. The van der Waals surface area contributed by atoms with E-state index in [4.69, 9.17) is 31.3 Å². The van der Waals surface area contributed by atoms with Crippen molar-refractivity contribution >= 4 is 56.1 Å². The summed E-state index contributed by atoms with van der Waals surface area (Å²) in [6, 6.07) is 6.24. The summed E-state index contributed by atoms with van der Waals surface area (Å²) in [6.45, 7) is 3.29. The van der Waals surface area contributed by atoms with Crippen LogP contribution >= 0.6 is 22.9 Å². The summed E-state index contributed by atoms with van der Waals surface area (Å²) in [5.41, 5.74) is 1.93. The van der Waals surface area contributed by atoms with Crippen LogP contribution in [0.1, 0.15) is 42.3 Å². The van der Waals surface area contributed by atoms with Gasteiger partial charge in [0, 0.05) is 49.7 Å². The molecule has 3 aliphatic heterocycles. The molecule has 0 amide bonds. The summed E-state index contributed by atoms with van der Waals surface area (Å²) >= 11 is 6.89. The SMILES string of the molecule is [O-][S+]1CCc2nc(N3CCC(c4nc5cc(Cl)ccc5s4)CC3)nc(NC3CCOCC3)c21. The molecule has 6 rings (SSSR count). The number of anilines is 2. The largest absolute Gasteiger partial charge is 0.611 e. The van der Waals surface area contributed by atoms with E-state index in [2.05, 4.69) is 16.3 Å². The van der Waals surface area contributed by atoms with E-state index in [1.807, 2.05) is 12.1 Å². The third-order valence-electron chi connectivity index (χ3n) is 6.73. The Labute approximate surface area is 205 Å². The van der Waals surface area contributed by atoms with Crippen LogP contribution in [-0.4, -0.2) is 57.6 Å². The Balaban J connectivity index is 1.20. The molecule has 33 heavy (non-hydrogen) atoms. The second-order valence-electron chi connectivity index (χ2n) is 8.90. The molecule has 3 aromatic rings. The van der Waals surface area contributed by atoms with E-state index in [1.165, 1.54) is 9.71 Å². The predicted molar refractivity (Wildman–Crippen MR) is 133 cm³/mol. The number of hydrogen-bond donors (Lipinski definition) is 1. The molecule has 1 atom stereocenters. The number of aryl methyl sites for hydroxylation is 1. The minimum atomic E-state index is -1.02. The lowest BCUT2D eigenvalue weighted by atomic mass is 9.98. The number of halogens is 1. The number of ether oxygens (including phenoxy) is 1. The van der Waals surface area contributed by atoms with Crippen molar-refractivity contribution in [2.45, 2.75) is 49.0 Å². The highest BCUT2D eigenvalue weighted by atomic mass is 35.5. The second-order valence-corrected chi connectivity index (χ2v) is 11.9. The number of aromatic nitrogens is 3. The van der Waals surface area contributed by atoms with Crippen LogP contribution in [0.5, 0.6) is 0 Å². The summed E-state index contributed by atoms with van der Waals surface area (Å²) in [4.78, 5) is 17.7. The Morgan fingerprint density at radius 3 is 2.76 bits per heavy atom. The van der Waals surface area contributed by atoms with Gasteiger partial charge in [0.15, 0.2) is 5.82 Å². The molecule has 0 bridgehead atoms. The molecule has 7 nitrogen and oxygen atoms in total. The Kier molecular flexibility index (Phi) is 6.08. The van der Waals surface area contributed by atoms with E-state index in [0.717, 1.165) is 91.3 Å². The summed E-state index contributed by atoms with van der Waals surface area (Å²) in [5.74, 6) is 2.61. The predicted octanol–water partition coefficient (Wildman–Crippen LogP) is 4.38. The molecular weight excluding hydrogens is 478 g/mol. The molecule has 0 saturated carbocycles. The van der Waals surface area contributed by atoms with Gasteiger partial charge in [-0.1, -0.05) is 11.6 Å². The number of rotatable bonds is 4. The van der Waals surface area contributed by atoms with Crippen LogP contribution < -0.4 is 10.2 Å². The maximum Gasteiger partial charge on any atom is 0.227 e. The van der Waals surface area contributed by atoms with Crippen molar-refractivity contribution in [3.63, 3.8) is 0 Å². The van der Waals surface area contributed by atoms with Gasteiger partial charge in [-0.2, -0.15) is 4.98 Å². The van der Waals surface area contributed by atoms with Gasteiger partial charge in [-0.3, -0.25) is 0 Å². The van der Waals surface area contributed by atoms with E-state index < -0.39 is 11.2 Å². The monoisotopic (exact) mass is 503 g/mol. The maximum absolute atomic E-state index is 12.6. The van der Waals surface area contributed by atoms with Crippen molar-refractivity contribution in [1.82, 2.24) is 15.0 Å². The van der Waals surface area contributed by atoms with Gasteiger partial charge in [0.05, 0.1) is 15.2 Å². The zero-order chi connectivity index (χ0) is 22.4. The topological polar surface area (TPSA) is 86.2 Å². The summed E-state index contributed by atoms with van der Waals surface area (Å²) < 4.78 is 19.3. The lowest BCUT2D eigenvalue weighted by Gasteiger charge is -2.32. The lowest BCUT2D eigenvalue weighted by molar-refractivity contribution is 0.0903. The van der Waals surface area contributed by atoms with Gasteiger partial charge >= 0.3 is 0 Å². The number of fused-ring (bicyclic) bond motifs is 2. The molecule has 2 aromatic heterocycles. The molecule has 174 valence electrons. The second kappa shape index (κ2) is 9.19. The van der Waals surface area contributed by atoms with Crippen molar-refractivity contribution in [1.29, 1.82) is 0 Å². The standard InChI is InChI=1S/C23H26ClN5O2S2/c24-15-1-2-19-18(13-15)26-22(32-19)14-3-8-29(9-4-14)23-27-17-7-12-33(30)20(17)21(28-23)25-16-5-10-31-11-6-16/h1-2,13-14,16H,3-12H2,(H,25,27,28). The highest BCUT2D eigenvalue weighted by Gasteiger charge is 2.34. The zero-order valence-corrected chi connectivity index (χ0v) is 20.6. The third-order valence-corrected chi connectivity index (χ3v) is 9.62. The van der Waals surface area contributed by atoms with Gasteiger partial charge in [-0.25, -0.2) is 9.97 Å². The van der Waals surface area contributed by atoms with Crippen LogP contribution in [0.2, 0.25) is 5.02 Å². The fraction of sp³-hybridized carbons (Fsp3) is 0.522. The van der Waals surface area contributed by atoms with Crippen molar-refractivity contribution in [3.8, 4) is 0 Å². The third kappa shape index (κ3) is 4.41. The fourth-order valence-corrected chi connectivity index (χ4v) is 7.47. The first kappa shape index (κ1) is 21.9. The molecule has 3 aliphatic rings. The number of nitrogens with one attached hydrogen (secondary N) is 1. The molecule has 2 saturated heterocycles. The molecule has 1 unspecified atom stereocenters. The van der Waals surface area contributed by atoms with E-state index >= 15 is 0 Å². The van der Waals surface area contributed by atoms with Gasteiger partial charge in [0.2, 0.25) is 10.8 Å². The molecule has 0 radical (unpaired) electrons. The Morgan fingerprint density at radius 2 is 1.94 bits per heavy atom. The number of thiazole rings is 1. The first-order valence-electron chi connectivity index (χ1n) is 11.6. The van der Waals surface area contributed by atoms with Gasteiger partial charge in [-0.05, 0) is 55.1 Å². The summed E-state index contributed by atoms with van der Waals surface area (Å²) in [7, 11) is 0. The highest BCUT2D eigenvalue weighted by molar-refractivity contribution is 7.91. The minimum Gasteiger partial charge on any atom is -0.611 e. The summed E-state index contributed by atoms with van der Waals surface area (Å²) in [6.07, 6.45) is 4.68. The number of benzene rings is 1. The van der Waals surface area contributed by atoms with E-state index in [1.54, 1.807) is 11.3 Å². The fourth-order valence-electron chi connectivity index (χ4n) is 4.88. The molecule has 1 aromatic carbocycles. The molecule has 5 heterocycles. The maximum atomic E-state index is 12.6. The average Bonchev–Trinajstić information content (AvgIpc) is 3.43. The quantitative estimate of drug-likeness (QED) is 0.529. The molecule has 10 heteroatoms. The average molecular weight is 504 g/mol. The van der Waals surface area contributed by atoms with Crippen LogP contribution in [-0.2, 0) is 22.3 Å². The van der Waals surface area contributed by atoms with Crippen LogP contribution in [0.15, 0.2) is 23.1 Å². The van der Waals surface area contributed by atoms with Gasteiger partial charge in [0.1, 0.15) is 11.4 Å². The lowest BCUT2D eigenvalue weighted by Crippen LogP contribution is -2.35. The van der Waals surface area contributed by atoms with Crippen molar-refractivity contribution in [3.05, 3.63) is 33.9 Å². The van der Waals surface area contributed by atoms with Gasteiger partial charge < -0.3 is 19.5 Å². The smallest absolute Gasteiger partial charge is 0.227 e. The number of piperidine rings is 1. The van der Waals surface area contributed by atoms with Crippen LogP contribution in [0.25, 0.3) is 10.2 Å².